The fraction of sp³-hybridized carbons (Fsp3) is 0.438. The van der Waals surface area contributed by atoms with E-state index >= 15 is 0 Å². The van der Waals surface area contributed by atoms with Crippen molar-refractivity contribution in [3.8, 4) is 0 Å². The number of esters is 1. The van der Waals surface area contributed by atoms with Gasteiger partial charge in [-0.1, -0.05) is 31.5 Å². The molecule has 150 valence electrons. The number of carbonyl (C=O) groups excluding carboxylic acids is 1. The number of allylic oxidation sites excluding steroid dienone is 2. The van der Waals surface area contributed by atoms with Crippen LogP contribution in [0.1, 0.15) is 19.4 Å². The van der Waals surface area contributed by atoms with Crippen molar-refractivity contribution in [2.24, 2.45) is 17.3 Å². The summed E-state index contributed by atoms with van der Waals surface area (Å²) in [5.74, 6) is -14.4. The van der Waals surface area contributed by atoms with Crippen LogP contribution in [0, 0.1) is 46.3 Å². The molecule has 0 heterocycles. The third kappa shape index (κ3) is 3.90. The molecule has 0 spiro atoms. The summed E-state index contributed by atoms with van der Waals surface area (Å²) in [5, 5.41) is -1.45. The van der Waals surface area contributed by atoms with Crippen molar-refractivity contribution in [1.82, 2.24) is 0 Å². The number of hydrogen-bond acceptors (Lipinski definition) is 2. The first kappa shape index (κ1) is 21.5. The van der Waals surface area contributed by atoms with E-state index in [1.807, 2.05) is 0 Å². The molecule has 1 fully saturated rings. The molecule has 1 aliphatic carbocycles. The lowest BCUT2D eigenvalue weighted by Gasteiger charge is -2.09. The minimum Gasteiger partial charge on any atom is -0.460 e. The van der Waals surface area contributed by atoms with E-state index in [2.05, 4.69) is 4.74 Å². The molecule has 2 rings (SSSR count). The van der Waals surface area contributed by atoms with Crippen LogP contribution in [-0.4, -0.2) is 12.1 Å². The summed E-state index contributed by atoms with van der Waals surface area (Å²) in [6, 6.07) is 0. The van der Waals surface area contributed by atoms with E-state index in [0.717, 1.165) is 0 Å². The van der Waals surface area contributed by atoms with Crippen LogP contribution in [0.3, 0.4) is 0 Å². The second-order valence-electron chi connectivity index (χ2n) is 6.49. The Morgan fingerprint density at radius 1 is 1.04 bits per heavy atom. The summed E-state index contributed by atoms with van der Waals surface area (Å²) in [5.41, 5.74) is -2.36. The summed E-state index contributed by atoms with van der Waals surface area (Å²) in [6.45, 7) is 1.58. The highest BCUT2D eigenvalue weighted by atomic mass is 35.5. The highest BCUT2D eigenvalue weighted by Gasteiger charge is 2.62. The van der Waals surface area contributed by atoms with Gasteiger partial charge in [-0.2, -0.15) is 13.2 Å². The summed E-state index contributed by atoms with van der Waals surface area (Å²) in [4.78, 5) is 12.0. The molecule has 27 heavy (non-hydrogen) atoms. The zero-order valence-electron chi connectivity index (χ0n) is 13.7. The molecule has 0 aliphatic heterocycles. The maximum atomic E-state index is 13.5. The van der Waals surface area contributed by atoms with Crippen LogP contribution < -0.4 is 0 Å². The Hall–Kier alpha value is -1.84. The Morgan fingerprint density at radius 2 is 1.48 bits per heavy atom. The molecule has 1 aromatic rings. The van der Waals surface area contributed by atoms with Gasteiger partial charge in [0.1, 0.15) is 11.6 Å². The van der Waals surface area contributed by atoms with E-state index in [-0.39, 0.29) is 0 Å². The van der Waals surface area contributed by atoms with Crippen LogP contribution in [0.15, 0.2) is 11.1 Å². The molecule has 1 aliphatic rings. The van der Waals surface area contributed by atoms with Crippen LogP contribution in [-0.2, 0) is 16.1 Å². The fourth-order valence-corrected chi connectivity index (χ4v) is 2.84. The van der Waals surface area contributed by atoms with E-state index in [1.165, 1.54) is 13.8 Å². The highest BCUT2D eigenvalue weighted by Crippen LogP contribution is 2.60. The molecule has 0 aromatic heterocycles. The van der Waals surface area contributed by atoms with Gasteiger partial charge in [-0.25, -0.2) is 22.0 Å². The van der Waals surface area contributed by atoms with Crippen molar-refractivity contribution in [1.29, 1.82) is 0 Å². The molecule has 11 heteroatoms. The van der Waals surface area contributed by atoms with Crippen molar-refractivity contribution in [2.75, 3.05) is 0 Å². The Labute approximate surface area is 152 Å². The molecule has 2 nitrogen and oxygen atoms in total. The molecule has 0 amide bonds. The molecule has 1 aromatic carbocycles. The second-order valence-corrected chi connectivity index (χ2v) is 6.90. The number of halogens is 9. The third-order valence-electron chi connectivity index (χ3n) is 4.42. The summed E-state index contributed by atoms with van der Waals surface area (Å²) >= 11 is 5.12. The lowest BCUT2D eigenvalue weighted by Crippen LogP contribution is -2.14. The largest absolute Gasteiger partial charge is 0.460 e. The van der Waals surface area contributed by atoms with Gasteiger partial charge in [-0.05, 0) is 11.3 Å². The van der Waals surface area contributed by atoms with Gasteiger partial charge in [0.25, 0.3) is 0 Å². The summed E-state index contributed by atoms with van der Waals surface area (Å²) in [6.07, 6.45) is -4.20. The van der Waals surface area contributed by atoms with Gasteiger partial charge in [0.05, 0.1) is 11.5 Å². The van der Waals surface area contributed by atoms with Gasteiger partial charge in [-0.15, -0.1) is 0 Å². The monoisotopic (exact) mass is 422 g/mol. The van der Waals surface area contributed by atoms with Gasteiger partial charge in [0, 0.05) is 0 Å². The summed E-state index contributed by atoms with van der Waals surface area (Å²) in [7, 11) is 0. The van der Waals surface area contributed by atoms with Crippen molar-refractivity contribution < 1.29 is 44.7 Å². The molecule has 1 saturated carbocycles. The first-order valence-corrected chi connectivity index (χ1v) is 7.70. The molecule has 0 bridgehead atoms. The first-order chi connectivity index (χ1) is 12.2. The highest BCUT2D eigenvalue weighted by molar-refractivity contribution is 6.30. The first-order valence-electron chi connectivity index (χ1n) is 7.32. The van der Waals surface area contributed by atoms with Crippen LogP contribution in [0.25, 0.3) is 0 Å². The minimum absolute atomic E-state index is 0.617. The van der Waals surface area contributed by atoms with Crippen molar-refractivity contribution in [3.63, 3.8) is 0 Å². The van der Waals surface area contributed by atoms with Crippen molar-refractivity contribution in [2.45, 2.75) is 26.6 Å². The molecule has 0 saturated heterocycles. The topological polar surface area (TPSA) is 26.3 Å². The summed E-state index contributed by atoms with van der Waals surface area (Å²) < 4.78 is 108. The average Bonchev–Trinajstić information content (AvgIpc) is 3.10. The van der Waals surface area contributed by atoms with Gasteiger partial charge >= 0.3 is 12.1 Å². The van der Waals surface area contributed by atoms with E-state index in [4.69, 9.17) is 11.6 Å². The standard InChI is InChI=1S/C16H11ClF8O2/c1-15(2)6(3-7(17)16(23,24)25)8(15)14(26)27-4-5-9(18)11(20)13(22)12(21)10(5)19/h3,6,8H,4H2,1-2H3/t6-,8-/m1/s1. The fourth-order valence-electron chi connectivity index (χ4n) is 2.70. The predicted octanol–water partition coefficient (Wildman–Crippen LogP) is 5.38. The van der Waals surface area contributed by atoms with E-state index in [0.29, 0.717) is 6.08 Å². The Bertz CT molecular complexity index is 787. The number of rotatable bonds is 4. The number of alkyl halides is 3. The van der Waals surface area contributed by atoms with Crippen molar-refractivity contribution >= 4 is 17.6 Å². The lowest BCUT2D eigenvalue weighted by atomic mass is 10.1. The number of hydrogen-bond donors (Lipinski definition) is 0. The van der Waals surface area contributed by atoms with Crippen LogP contribution in [0.4, 0.5) is 35.1 Å². The molecular formula is C16H11ClF8O2. The van der Waals surface area contributed by atoms with Crippen LogP contribution in [0.2, 0.25) is 0 Å². The van der Waals surface area contributed by atoms with Gasteiger partial charge in [0.2, 0.25) is 5.82 Å². The van der Waals surface area contributed by atoms with E-state index in [1.54, 1.807) is 0 Å². The Balaban J connectivity index is 2.16. The van der Waals surface area contributed by atoms with Gasteiger partial charge in [-0.3, -0.25) is 4.79 Å². The smallest absolute Gasteiger partial charge is 0.426 e. The normalized spacial score (nSPS) is 22.0. The molecule has 0 unspecified atom stereocenters. The van der Waals surface area contributed by atoms with Crippen molar-refractivity contribution in [3.05, 3.63) is 45.8 Å². The predicted molar refractivity (Wildman–Crippen MR) is 76.8 cm³/mol. The third-order valence-corrected chi connectivity index (χ3v) is 4.76. The molecule has 0 N–H and O–H groups in total. The average molecular weight is 423 g/mol. The number of ether oxygens (including phenoxy) is 1. The maximum Gasteiger partial charge on any atom is 0.426 e. The Morgan fingerprint density at radius 3 is 1.93 bits per heavy atom. The second kappa shape index (κ2) is 6.96. The van der Waals surface area contributed by atoms with Crippen LogP contribution >= 0.6 is 11.6 Å². The number of benzene rings is 1. The minimum atomic E-state index is -4.82. The molecule has 0 radical (unpaired) electrons. The van der Waals surface area contributed by atoms with E-state index in [9.17, 15) is 39.9 Å². The lowest BCUT2D eigenvalue weighted by molar-refractivity contribution is -0.147. The zero-order valence-corrected chi connectivity index (χ0v) is 14.4. The quantitative estimate of drug-likeness (QED) is 0.282. The maximum absolute atomic E-state index is 13.5. The van der Waals surface area contributed by atoms with E-state index < -0.39 is 75.7 Å². The number of carbonyl (C=O) groups is 1. The molecule has 2 atom stereocenters. The zero-order chi connectivity index (χ0) is 20.9. The Kier molecular flexibility index (Phi) is 5.53. The van der Waals surface area contributed by atoms with Gasteiger partial charge in [0.15, 0.2) is 23.3 Å². The van der Waals surface area contributed by atoms with Crippen LogP contribution in [0.5, 0.6) is 0 Å². The SMILES string of the molecule is CC1(C)[C@H](C=C(Cl)C(F)(F)F)[C@@H]1C(=O)OCc1c(F)c(F)c(F)c(F)c1F. The molecular weight excluding hydrogens is 412 g/mol. The van der Waals surface area contributed by atoms with Gasteiger partial charge < -0.3 is 4.74 Å².